The summed E-state index contributed by atoms with van der Waals surface area (Å²) in [7, 11) is 0. The van der Waals surface area contributed by atoms with E-state index in [0.717, 1.165) is 31.2 Å². The van der Waals surface area contributed by atoms with Gasteiger partial charge in [0.05, 0.1) is 6.20 Å². The first-order valence-electron chi connectivity index (χ1n) is 9.09. The fourth-order valence-electron chi connectivity index (χ4n) is 3.83. The molecule has 1 aliphatic carbocycles. The molecule has 3 heterocycles. The number of aromatic nitrogens is 6. The molecular formula is C19H17FN6O. The second-order valence-electron chi connectivity index (χ2n) is 6.92. The van der Waals surface area contributed by atoms with Crippen LogP contribution >= 0.6 is 0 Å². The molecule has 0 spiro atoms. The van der Waals surface area contributed by atoms with Crippen molar-refractivity contribution in [2.75, 3.05) is 0 Å². The van der Waals surface area contributed by atoms with Gasteiger partial charge in [-0.3, -0.25) is 9.36 Å². The lowest BCUT2D eigenvalue weighted by molar-refractivity contribution is 0.344. The van der Waals surface area contributed by atoms with Crippen molar-refractivity contribution in [2.24, 2.45) is 0 Å². The molecule has 27 heavy (non-hydrogen) atoms. The molecule has 1 aliphatic rings. The van der Waals surface area contributed by atoms with Crippen molar-refractivity contribution in [2.45, 2.75) is 38.1 Å². The Bertz CT molecular complexity index is 1190. The van der Waals surface area contributed by atoms with Crippen LogP contribution in [0.4, 0.5) is 4.39 Å². The molecule has 1 saturated carbocycles. The highest BCUT2D eigenvalue weighted by molar-refractivity contribution is 5.80. The SMILES string of the molecule is O=c1c2nnc3c(-c4ccc(F)cc4)cnn3c2ncn1C1CCCCC1. The van der Waals surface area contributed by atoms with Gasteiger partial charge in [-0.15, -0.1) is 10.2 Å². The van der Waals surface area contributed by atoms with Gasteiger partial charge in [0.2, 0.25) is 0 Å². The maximum Gasteiger partial charge on any atom is 0.283 e. The van der Waals surface area contributed by atoms with Gasteiger partial charge in [-0.05, 0) is 30.5 Å². The maximum atomic E-state index is 13.2. The molecule has 5 rings (SSSR count). The summed E-state index contributed by atoms with van der Waals surface area (Å²) in [5, 5.41) is 12.7. The number of hydrogen-bond donors (Lipinski definition) is 0. The van der Waals surface area contributed by atoms with Crippen molar-refractivity contribution in [1.29, 1.82) is 0 Å². The summed E-state index contributed by atoms with van der Waals surface area (Å²) < 4.78 is 16.4. The average Bonchev–Trinajstić information content (AvgIpc) is 3.14. The zero-order valence-electron chi connectivity index (χ0n) is 14.5. The summed E-state index contributed by atoms with van der Waals surface area (Å²) >= 11 is 0. The van der Waals surface area contributed by atoms with Crippen molar-refractivity contribution in [3.05, 3.63) is 53.0 Å². The lowest BCUT2D eigenvalue weighted by Gasteiger charge is -2.23. The van der Waals surface area contributed by atoms with Crippen LogP contribution in [0.5, 0.6) is 0 Å². The molecule has 0 unspecified atom stereocenters. The lowest BCUT2D eigenvalue weighted by atomic mass is 9.95. The molecule has 0 atom stereocenters. The van der Waals surface area contributed by atoms with E-state index in [1.165, 1.54) is 23.1 Å². The van der Waals surface area contributed by atoms with Gasteiger partial charge in [-0.1, -0.05) is 31.4 Å². The smallest absolute Gasteiger partial charge is 0.283 e. The van der Waals surface area contributed by atoms with Gasteiger partial charge in [0, 0.05) is 11.6 Å². The van der Waals surface area contributed by atoms with Gasteiger partial charge in [0.15, 0.2) is 16.8 Å². The summed E-state index contributed by atoms with van der Waals surface area (Å²) in [4.78, 5) is 17.4. The quantitative estimate of drug-likeness (QED) is 0.546. The zero-order chi connectivity index (χ0) is 18.4. The summed E-state index contributed by atoms with van der Waals surface area (Å²) in [5.41, 5.74) is 2.38. The van der Waals surface area contributed by atoms with Gasteiger partial charge in [-0.25, -0.2) is 9.37 Å². The van der Waals surface area contributed by atoms with E-state index in [9.17, 15) is 9.18 Å². The number of nitrogens with zero attached hydrogens (tertiary/aromatic N) is 6. The van der Waals surface area contributed by atoms with Crippen molar-refractivity contribution < 1.29 is 4.39 Å². The fourth-order valence-corrected chi connectivity index (χ4v) is 3.83. The third-order valence-corrected chi connectivity index (χ3v) is 5.27. The first-order valence-corrected chi connectivity index (χ1v) is 9.09. The Hall–Kier alpha value is -3.16. The first kappa shape index (κ1) is 16.0. The van der Waals surface area contributed by atoms with Crippen molar-refractivity contribution in [3.8, 4) is 11.1 Å². The third-order valence-electron chi connectivity index (χ3n) is 5.27. The minimum Gasteiger partial charge on any atom is -0.294 e. The van der Waals surface area contributed by atoms with Gasteiger partial charge in [0.25, 0.3) is 5.56 Å². The Balaban J connectivity index is 1.66. The van der Waals surface area contributed by atoms with Crippen LogP contribution in [-0.2, 0) is 0 Å². The van der Waals surface area contributed by atoms with E-state index in [4.69, 9.17) is 0 Å². The molecule has 3 aromatic heterocycles. The predicted molar refractivity (Wildman–Crippen MR) is 97.9 cm³/mol. The number of hydrogen-bond acceptors (Lipinski definition) is 5. The van der Waals surface area contributed by atoms with E-state index in [1.807, 2.05) is 0 Å². The van der Waals surface area contributed by atoms with E-state index >= 15 is 0 Å². The Kier molecular flexibility index (Phi) is 3.70. The van der Waals surface area contributed by atoms with E-state index in [2.05, 4.69) is 20.3 Å². The van der Waals surface area contributed by atoms with Crippen LogP contribution in [0.1, 0.15) is 38.1 Å². The van der Waals surface area contributed by atoms with Gasteiger partial charge < -0.3 is 0 Å². The highest BCUT2D eigenvalue weighted by Gasteiger charge is 2.20. The molecule has 8 heteroatoms. The average molecular weight is 364 g/mol. The zero-order valence-corrected chi connectivity index (χ0v) is 14.5. The molecule has 7 nitrogen and oxygen atoms in total. The van der Waals surface area contributed by atoms with Crippen LogP contribution in [0, 0.1) is 5.82 Å². The minimum atomic E-state index is -0.309. The summed E-state index contributed by atoms with van der Waals surface area (Å²) in [6, 6.07) is 6.26. The number of benzene rings is 1. The van der Waals surface area contributed by atoms with E-state index < -0.39 is 0 Å². The van der Waals surface area contributed by atoms with E-state index in [1.54, 1.807) is 29.2 Å². The fraction of sp³-hybridized carbons (Fsp3) is 0.316. The first-order chi connectivity index (χ1) is 13.2. The van der Waals surface area contributed by atoms with Gasteiger partial charge >= 0.3 is 0 Å². The number of halogens is 1. The molecule has 0 N–H and O–H groups in total. The molecule has 0 bridgehead atoms. The summed E-state index contributed by atoms with van der Waals surface area (Å²) in [5.74, 6) is -0.309. The number of rotatable bonds is 2. The normalized spacial score (nSPS) is 15.6. The molecule has 1 fully saturated rings. The van der Waals surface area contributed by atoms with Crippen LogP contribution in [0.2, 0.25) is 0 Å². The predicted octanol–water partition coefficient (Wildman–Crippen LogP) is 3.15. The molecule has 1 aromatic carbocycles. The Morgan fingerprint density at radius 1 is 1.00 bits per heavy atom. The largest absolute Gasteiger partial charge is 0.294 e. The molecule has 4 aromatic rings. The van der Waals surface area contributed by atoms with Crippen LogP contribution < -0.4 is 5.56 Å². The lowest BCUT2D eigenvalue weighted by Crippen LogP contribution is -2.28. The Morgan fingerprint density at radius 3 is 2.56 bits per heavy atom. The second kappa shape index (κ2) is 6.22. The standard InChI is InChI=1S/C19H17FN6O/c20-13-8-6-12(7-9-13)15-10-22-26-17(15)24-23-16-18(26)21-11-25(19(16)27)14-4-2-1-3-5-14/h6-11,14H,1-5H2. The van der Waals surface area contributed by atoms with Crippen molar-refractivity contribution >= 4 is 16.8 Å². The summed E-state index contributed by atoms with van der Waals surface area (Å²) in [6.45, 7) is 0. The van der Waals surface area contributed by atoms with Crippen LogP contribution in [-0.4, -0.2) is 29.4 Å². The minimum absolute atomic E-state index is 0.174. The molecule has 0 saturated heterocycles. The summed E-state index contributed by atoms with van der Waals surface area (Å²) in [6.07, 6.45) is 8.66. The molecular weight excluding hydrogens is 347 g/mol. The van der Waals surface area contributed by atoms with Crippen molar-refractivity contribution in [1.82, 2.24) is 29.4 Å². The Morgan fingerprint density at radius 2 is 1.78 bits per heavy atom. The molecule has 0 aliphatic heterocycles. The molecule has 0 amide bonds. The van der Waals surface area contributed by atoms with Crippen LogP contribution in [0.25, 0.3) is 27.9 Å². The number of fused-ring (bicyclic) bond motifs is 3. The molecule has 136 valence electrons. The van der Waals surface area contributed by atoms with E-state index in [-0.39, 0.29) is 22.9 Å². The van der Waals surface area contributed by atoms with Gasteiger partial charge in [-0.2, -0.15) is 9.61 Å². The van der Waals surface area contributed by atoms with Crippen molar-refractivity contribution in [3.63, 3.8) is 0 Å². The second-order valence-corrected chi connectivity index (χ2v) is 6.92. The van der Waals surface area contributed by atoms with Crippen LogP contribution in [0.15, 0.2) is 41.6 Å². The highest BCUT2D eigenvalue weighted by atomic mass is 19.1. The monoisotopic (exact) mass is 364 g/mol. The van der Waals surface area contributed by atoms with E-state index in [0.29, 0.717) is 16.9 Å². The van der Waals surface area contributed by atoms with Gasteiger partial charge in [0.1, 0.15) is 12.1 Å². The van der Waals surface area contributed by atoms with Crippen LogP contribution in [0.3, 0.4) is 0 Å². The third kappa shape index (κ3) is 2.59. The Labute approximate surface area is 153 Å². The topological polar surface area (TPSA) is 78.0 Å². The molecule has 0 radical (unpaired) electrons. The maximum absolute atomic E-state index is 13.2. The highest BCUT2D eigenvalue weighted by Crippen LogP contribution is 2.27.